The van der Waals surface area contributed by atoms with Gasteiger partial charge in [-0.3, -0.25) is 4.79 Å². The molecule has 6 nitrogen and oxygen atoms in total. The van der Waals surface area contributed by atoms with E-state index in [2.05, 4.69) is 48.5 Å². The molecule has 0 spiro atoms. The van der Waals surface area contributed by atoms with Crippen LogP contribution in [0.2, 0.25) is 0 Å². The predicted octanol–water partition coefficient (Wildman–Crippen LogP) is 2.15. The Hall–Kier alpha value is -1.43. The SMILES string of the molecule is CC(C)C(CNC(=O)c1noc(C2CCCN2)n1)C(C)C. The maximum atomic E-state index is 12.1. The first kappa shape index (κ1) is 15.9. The molecule has 1 aliphatic rings. The van der Waals surface area contributed by atoms with Crippen LogP contribution in [0, 0.1) is 17.8 Å². The van der Waals surface area contributed by atoms with Gasteiger partial charge in [-0.25, -0.2) is 0 Å². The first-order chi connectivity index (χ1) is 9.99. The first-order valence-electron chi connectivity index (χ1n) is 7.84. The molecule has 1 amide bonds. The van der Waals surface area contributed by atoms with Crippen molar-refractivity contribution in [2.75, 3.05) is 13.1 Å². The summed E-state index contributed by atoms with van der Waals surface area (Å²) in [6.07, 6.45) is 2.07. The number of hydrogen-bond donors (Lipinski definition) is 2. The Labute approximate surface area is 126 Å². The van der Waals surface area contributed by atoms with E-state index in [1.165, 1.54) is 0 Å². The lowest BCUT2D eigenvalue weighted by Crippen LogP contribution is -2.34. The molecule has 1 fully saturated rings. The third-order valence-corrected chi connectivity index (χ3v) is 4.21. The lowest BCUT2D eigenvalue weighted by atomic mass is 9.85. The van der Waals surface area contributed by atoms with Crippen LogP contribution >= 0.6 is 0 Å². The third-order valence-electron chi connectivity index (χ3n) is 4.21. The zero-order valence-electron chi connectivity index (χ0n) is 13.3. The van der Waals surface area contributed by atoms with Crippen molar-refractivity contribution in [2.45, 2.75) is 46.6 Å². The number of nitrogens with one attached hydrogen (secondary N) is 2. The van der Waals surface area contributed by atoms with Crippen LogP contribution in [0.3, 0.4) is 0 Å². The zero-order valence-corrected chi connectivity index (χ0v) is 13.3. The second-order valence-electron chi connectivity index (χ2n) is 6.47. The average molecular weight is 294 g/mol. The van der Waals surface area contributed by atoms with E-state index in [9.17, 15) is 4.79 Å². The van der Waals surface area contributed by atoms with Gasteiger partial charge < -0.3 is 15.2 Å². The highest BCUT2D eigenvalue weighted by Crippen LogP contribution is 2.21. The highest BCUT2D eigenvalue weighted by molar-refractivity contribution is 5.90. The molecular weight excluding hydrogens is 268 g/mol. The van der Waals surface area contributed by atoms with E-state index in [0.717, 1.165) is 19.4 Å². The molecule has 1 atom stereocenters. The van der Waals surface area contributed by atoms with Crippen molar-refractivity contribution in [3.05, 3.63) is 11.7 Å². The van der Waals surface area contributed by atoms with Gasteiger partial charge in [-0.2, -0.15) is 4.98 Å². The topological polar surface area (TPSA) is 80.0 Å². The minimum Gasteiger partial charge on any atom is -0.349 e. The average Bonchev–Trinajstić information content (AvgIpc) is 3.08. The molecule has 1 saturated heterocycles. The molecule has 1 aromatic rings. The van der Waals surface area contributed by atoms with Gasteiger partial charge in [0.05, 0.1) is 6.04 Å². The Morgan fingerprint density at radius 3 is 2.67 bits per heavy atom. The van der Waals surface area contributed by atoms with E-state index >= 15 is 0 Å². The molecule has 0 aliphatic carbocycles. The summed E-state index contributed by atoms with van der Waals surface area (Å²) in [6, 6.07) is 0.0955. The van der Waals surface area contributed by atoms with Gasteiger partial charge in [0.15, 0.2) is 0 Å². The van der Waals surface area contributed by atoms with Crippen LogP contribution in [0.25, 0.3) is 0 Å². The molecule has 1 unspecified atom stereocenters. The Bertz CT molecular complexity index is 456. The summed E-state index contributed by atoms with van der Waals surface area (Å²) in [6.45, 7) is 10.3. The fourth-order valence-electron chi connectivity index (χ4n) is 2.90. The molecule has 118 valence electrons. The van der Waals surface area contributed by atoms with Crippen LogP contribution in [0.4, 0.5) is 0 Å². The number of carbonyl (C=O) groups is 1. The Morgan fingerprint density at radius 2 is 2.10 bits per heavy atom. The third kappa shape index (κ3) is 4.03. The molecule has 2 heterocycles. The van der Waals surface area contributed by atoms with Gasteiger partial charge in [0.25, 0.3) is 11.7 Å². The first-order valence-corrected chi connectivity index (χ1v) is 7.84. The van der Waals surface area contributed by atoms with Gasteiger partial charge >= 0.3 is 0 Å². The van der Waals surface area contributed by atoms with Crippen LogP contribution in [-0.2, 0) is 0 Å². The van der Waals surface area contributed by atoms with E-state index in [4.69, 9.17) is 4.52 Å². The molecule has 1 aliphatic heterocycles. The van der Waals surface area contributed by atoms with Crippen LogP contribution in [0.5, 0.6) is 0 Å². The highest BCUT2D eigenvalue weighted by Gasteiger charge is 2.25. The lowest BCUT2D eigenvalue weighted by Gasteiger charge is -2.24. The van der Waals surface area contributed by atoms with Crippen molar-refractivity contribution in [3.63, 3.8) is 0 Å². The van der Waals surface area contributed by atoms with Crippen LogP contribution < -0.4 is 10.6 Å². The number of rotatable bonds is 6. The van der Waals surface area contributed by atoms with E-state index in [0.29, 0.717) is 30.2 Å². The standard InChI is InChI=1S/C15H26N4O2/c1-9(2)11(10(3)4)8-17-14(20)13-18-15(21-19-13)12-6-5-7-16-12/h9-12,16H,5-8H2,1-4H3,(H,17,20). The number of nitrogens with zero attached hydrogens (tertiary/aromatic N) is 2. The number of aromatic nitrogens is 2. The summed E-state index contributed by atoms with van der Waals surface area (Å²) >= 11 is 0. The molecular formula is C15H26N4O2. The van der Waals surface area contributed by atoms with E-state index < -0.39 is 0 Å². The summed E-state index contributed by atoms with van der Waals surface area (Å²) in [5.74, 6) is 1.88. The molecule has 1 aromatic heterocycles. The van der Waals surface area contributed by atoms with Crippen molar-refractivity contribution in [2.24, 2.45) is 17.8 Å². The van der Waals surface area contributed by atoms with Crippen molar-refractivity contribution in [1.29, 1.82) is 0 Å². The monoisotopic (exact) mass is 294 g/mol. The normalized spacial score (nSPS) is 18.9. The summed E-state index contributed by atoms with van der Waals surface area (Å²) in [4.78, 5) is 16.3. The predicted molar refractivity (Wildman–Crippen MR) is 79.8 cm³/mol. The lowest BCUT2D eigenvalue weighted by molar-refractivity contribution is 0.0923. The van der Waals surface area contributed by atoms with Gasteiger partial charge in [0.1, 0.15) is 0 Å². The second kappa shape index (κ2) is 7.02. The molecule has 2 rings (SSSR count). The smallest absolute Gasteiger partial charge is 0.292 e. The molecule has 0 bridgehead atoms. The van der Waals surface area contributed by atoms with Crippen LogP contribution in [0.1, 0.15) is 63.1 Å². The molecule has 0 radical (unpaired) electrons. The molecule has 21 heavy (non-hydrogen) atoms. The molecule has 6 heteroatoms. The molecule has 0 aromatic carbocycles. The summed E-state index contributed by atoms with van der Waals surface area (Å²) in [7, 11) is 0. The summed E-state index contributed by atoms with van der Waals surface area (Å²) < 4.78 is 5.19. The zero-order chi connectivity index (χ0) is 15.4. The Morgan fingerprint density at radius 1 is 1.38 bits per heavy atom. The summed E-state index contributed by atoms with van der Waals surface area (Å²) in [5, 5.41) is 9.99. The highest BCUT2D eigenvalue weighted by atomic mass is 16.5. The van der Waals surface area contributed by atoms with Crippen molar-refractivity contribution in [3.8, 4) is 0 Å². The van der Waals surface area contributed by atoms with Crippen LogP contribution in [-0.4, -0.2) is 29.1 Å². The van der Waals surface area contributed by atoms with Crippen molar-refractivity contribution in [1.82, 2.24) is 20.8 Å². The molecule has 2 N–H and O–H groups in total. The second-order valence-corrected chi connectivity index (χ2v) is 6.47. The fourth-order valence-corrected chi connectivity index (χ4v) is 2.90. The maximum Gasteiger partial charge on any atom is 0.292 e. The van der Waals surface area contributed by atoms with Gasteiger partial charge in [0.2, 0.25) is 5.89 Å². The van der Waals surface area contributed by atoms with Crippen molar-refractivity contribution >= 4 is 5.91 Å². The minimum atomic E-state index is -0.255. The van der Waals surface area contributed by atoms with Gasteiger partial charge in [-0.05, 0) is 37.1 Å². The van der Waals surface area contributed by atoms with E-state index in [-0.39, 0.29) is 17.8 Å². The minimum absolute atomic E-state index is 0.0955. The quantitative estimate of drug-likeness (QED) is 0.840. The largest absolute Gasteiger partial charge is 0.349 e. The Balaban J connectivity index is 1.91. The summed E-state index contributed by atoms with van der Waals surface area (Å²) in [5.41, 5.74) is 0. The Kier molecular flexibility index (Phi) is 5.33. The van der Waals surface area contributed by atoms with Crippen LogP contribution in [0.15, 0.2) is 4.52 Å². The maximum absolute atomic E-state index is 12.1. The fraction of sp³-hybridized carbons (Fsp3) is 0.800. The number of hydrogen-bond acceptors (Lipinski definition) is 5. The van der Waals surface area contributed by atoms with Gasteiger partial charge in [-0.1, -0.05) is 32.9 Å². The van der Waals surface area contributed by atoms with E-state index in [1.54, 1.807) is 0 Å². The van der Waals surface area contributed by atoms with Crippen molar-refractivity contribution < 1.29 is 9.32 Å². The van der Waals surface area contributed by atoms with Gasteiger partial charge in [0, 0.05) is 6.54 Å². The van der Waals surface area contributed by atoms with E-state index in [1.807, 2.05) is 0 Å². The number of amides is 1. The molecule has 0 saturated carbocycles. The van der Waals surface area contributed by atoms with Gasteiger partial charge in [-0.15, -0.1) is 0 Å². The number of carbonyl (C=O) groups excluding carboxylic acids is 1.